The lowest BCUT2D eigenvalue weighted by Gasteiger charge is -2.27. The van der Waals surface area contributed by atoms with Crippen LogP contribution < -0.4 is 5.73 Å². The fraction of sp³-hybridized carbons (Fsp3) is 0.240. The van der Waals surface area contributed by atoms with E-state index < -0.39 is 0 Å². The second-order valence-corrected chi connectivity index (χ2v) is 8.50. The van der Waals surface area contributed by atoms with E-state index in [1.807, 2.05) is 42.4 Å². The lowest BCUT2D eigenvalue weighted by atomic mass is 10.1. The van der Waals surface area contributed by atoms with E-state index in [0.29, 0.717) is 66.2 Å². The van der Waals surface area contributed by atoms with Gasteiger partial charge in [-0.1, -0.05) is 29.5 Å². The number of allylic oxidation sites excluding steroid dienone is 2. The van der Waals surface area contributed by atoms with Gasteiger partial charge in [-0.2, -0.15) is 5.10 Å². The van der Waals surface area contributed by atoms with E-state index in [9.17, 15) is 4.79 Å². The molecule has 2 N–H and O–H groups in total. The van der Waals surface area contributed by atoms with Gasteiger partial charge in [-0.3, -0.25) is 4.79 Å². The van der Waals surface area contributed by atoms with Crippen LogP contribution in [0.2, 0.25) is 5.02 Å². The van der Waals surface area contributed by atoms with Crippen LogP contribution in [0, 0.1) is 11.8 Å². The second-order valence-electron chi connectivity index (χ2n) is 8.10. The van der Waals surface area contributed by atoms with Crippen molar-refractivity contribution < 1.29 is 9.53 Å². The molecule has 2 aromatic heterocycles. The summed E-state index contributed by atoms with van der Waals surface area (Å²) in [6, 6.07) is 7.24. The van der Waals surface area contributed by atoms with Crippen molar-refractivity contribution in [2.75, 3.05) is 39.9 Å². The second kappa shape index (κ2) is 9.21. The minimum atomic E-state index is -0.0884. The zero-order valence-electron chi connectivity index (χ0n) is 18.7. The Kier molecular flexibility index (Phi) is 5.97. The Morgan fingerprint density at radius 3 is 2.79 bits per heavy atom. The molecule has 0 saturated carbocycles. The van der Waals surface area contributed by atoms with Crippen LogP contribution in [0.5, 0.6) is 0 Å². The summed E-state index contributed by atoms with van der Waals surface area (Å²) in [6.45, 7) is 2.93. The van der Waals surface area contributed by atoms with E-state index >= 15 is 0 Å². The van der Waals surface area contributed by atoms with Gasteiger partial charge >= 0.3 is 0 Å². The molecule has 9 heteroatoms. The first-order valence-corrected chi connectivity index (χ1v) is 11.3. The molecule has 0 bridgehead atoms. The first kappa shape index (κ1) is 22.0. The highest BCUT2D eigenvalue weighted by Crippen LogP contribution is 2.26. The van der Waals surface area contributed by atoms with E-state index in [0.717, 1.165) is 11.1 Å². The maximum atomic E-state index is 12.8. The third-order valence-corrected chi connectivity index (χ3v) is 6.15. The Morgan fingerprint density at radius 1 is 1.21 bits per heavy atom. The lowest BCUT2D eigenvalue weighted by Crippen LogP contribution is -2.40. The zero-order valence-corrected chi connectivity index (χ0v) is 19.4. The molecule has 172 valence electrons. The number of hydrogen-bond acceptors (Lipinski definition) is 6. The highest BCUT2D eigenvalue weighted by atomic mass is 35.5. The minimum absolute atomic E-state index is 0.0884. The summed E-state index contributed by atoms with van der Waals surface area (Å²) < 4.78 is 7.01. The molecule has 5 rings (SSSR count). The van der Waals surface area contributed by atoms with Gasteiger partial charge in [0.15, 0.2) is 5.65 Å². The molecule has 4 heterocycles. The SMILES string of the molecule is CN1CC=C(C#Cc2cnn3ccc(-c4ccc(C(=O)N5CCOCC5)c(Cl)c4)nc23)C=C1N. The number of nitrogens with two attached hydrogens (primary N) is 1. The summed E-state index contributed by atoms with van der Waals surface area (Å²) in [5, 5.41) is 4.74. The van der Waals surface area contributed by atoms with Gasteiger partial charge in [-0.25, -0.2) is 9.50 Å². The van der Waals surface area contributed by atoms with Gasteiger partial charge in [-0.15, -0.1) is 0 Å². The Bertz CT molecular complexity index is 1390. The quantitative estimate of drug-likeness (QED) is 0.574. The van der Waals surface area contributed by atoms with Gasteiger partial charge in [0.25, 0.3) is 5.91 Å². The van der Waals surface area contributed by atoms with Gasteiger partial charge in [0, 0.05) is 44.0 Å². The number of amides is 1. The van der Waals surface area contributed by atoms with Gasteiger partial charge < -0.3 is 20.3 Å². The Morgan fingerprint density at radius 2 is 2.03 bits per heavy atom. The first-order valence-electron chi connectivity index (χ1n) is 10.9. The normalized spacial score (nSPS) is 16.1. The molecule has 1 fully saturated rings. The number of benzene rings is 1. The van der Waals surface area contributed by atoms with Gasteiger partial charge in [0.05, 0.1) is 47.1 Å². The molecule has 3 aromatic rings. The van der Waals surface area contributed by atoms with Crippen molar-refractivity contribution in [1.82, 2.24) is 24.4 Å². The number of halogens is 1. The van der Waals surface area contributed by atoms with Gasteiger partial charge in [-0.05, 0) is 30.4 Å². The van der Waals surface area contributed by atoms with Gasteiger partial charge in [0.2, 0.25) is 0 Å². The number of carbonyl (C=O) groups is 1. The summed E-state index contributed by atoms with van der Waals surface area (Å²) in [7, 11) is 1.93. The number of carbonyl (C=O) groups excluding carboxylic acids is 1. The Balaban J connectivity index is 1.42. The predicted octanol–water partition coefficient (Wildman–Crippen LogP) is 2.55. The number of likely N-dealkylation sites (N-methyl/N-ethyl adjacent to an activating group) is 1. The Labute approximate surface area is 202 Å². The van der Waals surface area contributed by atoms with Crippen LogP contribution in [-0.2, 0) is 4.74 Å². The number of morpholine rings is 1. The fourth-order valence-electron chi connectivity index (χ4n) is 3.80. The molecule has 0 unspecified atom stereocenters. The molecular formula is C25H23ClN6O2. The minimum Gasteiger partial charge on any atom is -0.385 e. The molecule has 1 aromatic carbocycles. The molecule has 8 nitrogen and oxygen atoms in total. The van der Waals surface area contributed by atoms with E-state index in [4.69, 9.17) is 27.1 Å². The third-order valence-electron chi connectivity index (χ3n) is 5.83. The highest BCUT2D eigenvalue weighted by Gasteiger charge is 2.21. The summed E-state index contributed by atoms with van der Waals surface area (Å²) >= 11 is 6.51. The van der Waals surface area contributed by atoms with Crippen LogP contribution >= 0.6 is 11.6 Å². The van der Waals surface area contributed by atoms with Crippen LogP contribution in [-0.4, -0.2) is 70.2 Å². The van der Waals surface area contributed by atoms with Crippen LogP contribution in [0.3, 0.4) is 0 Å². The summed E-state index contributed by atoms with van der Waals surface area (Å²) in [5.74, 6) is 6.89. The van der Waals surface area contributed by atoms with Crippen molar-refractivity contribution >= 4 is 23.2 Å². The van der Waals surface area contributed by atoms with E-state index in [-0.39, 0.29) is 5.91 Å². The lowest BCUT2D eigenvalue weighted by molar-refractivity contribution is 0.0303. The Hall–Kier alpha value is -3.80. The molecule has 0 aliphatic carbocycles. The number of hydrogen-bond donors (Lipinski definition) is 1. The van der Waals surface area contributed by atoms with Crippen LogP contribution in [0.4, 0.5) is 0 Å². The van der Waals surface area contributed by atoms with E-state index in [1.165, 1.54) is 0 Å². The topological polar surface area (TPSA) is 89.0 Å². The molecule has 2 aliphatic rings. The average molecular weight is 475 g/mol. The molecule has 34 heavy (non-hydrogen) atoms. The molecule has 0 radical (unpaired) electrons. The molecule has 0 spiro atoms. The molecule has 1 saturated heterocycles. The summed E-state index contributed by atoms with van der Waals surface area (Å²) in [5.41, 5.74) is 10.2. The predicted molar refractivity (Wildman–Crippen MR) is 130 cm³/mol. The number of rotatable bonds is 2. The smallest absolute Gasteiger partial charge is 0.255 e. The number of aromatic nitrogens is 3. The average Bonchev–Trinajstić information content (AvgIpc) is 3.27. The summed E-state index contributed by atoms with van der Waals surface area (Å²) in [6.07, 6.45) is 7.40. The number of fused-ring (bicyclic) bond motifs is 1. The monoisotopic (exact) mass is 474 g/mol. The van der Waals surface area contributed by atoms with Crippen molar-refractivity contribution in [3.63, 3.8) is 0 Å². The van der Waals surface area contributed by atoms with Crippen LogP contribution in [0.1, 0.15) is 15.9 Å². The number of ether oxygens (including phenoxy) is 1. The van der Waals surface area contributed by atoms with Crippen molar-refractivity contribution in [2.45, 2.75) is 0 Å². The van der Waals surface area contributed by atoms with Gasteiger partial charge in [0.1, 0.15) is 0 Å². The largest absolute Gasteiger partial charge is 0.385 e. The summed E-state index contributed by atoms with van der Waals surface area (Å²) in [4.78, 5) is 21.3. The number of nitrogens with zero attached hydrogens (tertiary/aromatic N) is 5. The zero-order chi connectivity index (χ0) is 23.7. The molecule has 2 aliphatic heterocycles. The molecule has 1 amide bonds. The van der Waals surface area contributed by atoms with Crippen molar-refractivity contribution in [3.05, 3.63) is 76.4 Å². The maximum Gasteiger partial charge on any atom is 0.255 e. The maximum absolute atomic E-state index is 12.8. The fourth-order valence-corrected chi connectivity index (χ4v) is 4.06. The van der Waals surface area contributed by atoms with Crippen molar-refractivity contribution in [3.8, 4) is 23.1 Å². The van der Waals surface area contributed by atoms with Crippen LogP contribution in [0.15, 0.2) is 60.2 Å². The van der Waals surface area contributed by atoms with Crippen molar-refractivity contribution in [1.29, 1.82) is 0 Å². The van der Waals surface area contributed by atoms with Crippen molar-refractivity contribution in [2.24, 2.45) is 5.73 Å². The van der Waals surface area contributed by atoms with E-state index in [1.54, 1.807) is 27.7 Å². The highest BCUT2D eigenvalue weighted by molar-refractivity contribution is 6.34. The third kappa shape index (κ3) is 4.36. The van der Waals surface area contributed by atoms with E-state index in [2.05, 4.69) is 16.9 Å². The first-order chi connectivity index (χ1) is 16.5. The van der Waals surface area contributed by atoms with Crippen LogP contribution in [0.25, 0.3) is 16.9 Å². The standard InChI is InChI=1S/C25H23ClN6O2/c1-30-8-6-17(14-23(30)27)2-3-19-16-28-32-9-7-22(29-24(19)32)18-4-5-20(21(26)15-18)25(33)31-10-12-34-13-11-31/h4-7,9,14-16H,8,10-13,27H2,1H3. The molecule has 0 atom stereocenters. The molecular weight excluding hydrogens is 452 g/mol.